The number of carbonyl (C=O) groups excluding carboxylic acids is 1. The van der Waals surface area contributed by atoms with E-state index in [0.717, 1.165) is 25.5 Å². The molecule has 0 unspecified atom stereocenters. The molecule has 0 bridgehead atoms. The fraction of sp³-hybridized carbons (Fsp3) is 0.647. The molecule has 2 atom stereocenters. The molecule has 1 saturated carbocycles. The van der Waals surface area contributed by atoms with Crippen molar-refractivity contribution in [3.63, 3.8) is 0 Å². The van der Waals surface area contributed by atoms with E-state index in [1.54, 1.807) is 4.90 Å². The lowest BCUT2D eigenvalue weighted by molar-refractivity contribution is -0.132. The second-order valence-corrected chi connectivity index (χ2v) is 6.24. The maximum absolute atomic E-state index is 13.8. The summed E-state index contributed by atoms with van der Waals surface area (Å²) in [5.41, 5.74) is -0.261. The standard InChI is InChI=1S/C17H23FN2O3/c1-2-22-11-13-4-3-6-17(13)12-20(8-9-23-17)16(21)14-5-7-19-10-15(14)18/h5,7,10,13H,2-4,6,8-9,11-12H2,1H3/t13-,17+/m1/s1. The van der Waals surface area contributed by atoms with Crippen LogP contribution in [0.5, 0.6) is 0 Å². The average Bonchev–Trinajstić information content (AvgIpc) is 2.94. The van der Waals surface area contributed by atoms with Crippen LogP contribution in [0.25, 0.3) is 0 Å². The highest BCUT2D eigenvalue weighted by molar-refractivity contribution is 5.94. The third-order valence-electron chi connectivity index (χ3n) is 4.92. The third kappa shape index (κ3) is 3.23. The van der Waals surface area contributed by atoms with Crippen molar-refractivity contribution in [1.82, 2.24) is 9.88 Å². The molecule has 0 aromatic carbocycles. The van der Waals surface area contributed by atoms with Crippen LogP contribution in [0.4, 0.5) is 4.39 Å². The molecule has 1 saturated heterocycles. The number of hydrogen-bond acceptors (Lipinski definition) is 4. The largest absolute Gasteiger partial charge is 0.381 e. The molecular formula is C17H23FN2O3. The van der Waals surface area contributed by atoms with E-state index >= 15 is 0 Å². The summed E-state index contributed by atoms with van der Waals surface area (Å²) in [6, 6.07) is 1.44. The first-order chi connectivity index (χ1) is 11.2. The molecule has 1 spiro atoms. The van der Waals surface area contributed by atoms with Crippen molar-refractivity contribution in [3.05, 3.63) is 29.8 Å². The van der Waals surface area contributed by atoms with Crippen molar-refractivity contribution in [2.24, 2.45) is 5.92 Å². The minimum Gasteiger partial charge on any atom is -0.381 e. The van der Waals surface area contributed by atoms with Gasteiger partial charge in [-0.2, -0.15) is 0 Å². The Balaban J connectivity index is 1.75. The second kappa shape index (κ2) is 6.93. The Kier molecular flexibility index (Phi) is 4.92. The van der Waals surface area contributed by atoms with Crippen LogP contribution in [-0.4, -0.2) is 54.3 Å². The Morgan fingerprint density at radius 3 is 3.26 bits per heavy atom. The highest BCUT2D eigenvalue weighted by Crippen LogP contribution is 2.41. The van der Waals surface area contributed by atoms with Gasteiger partial charge in [0.15, 0.2) is 5.82 Å². The van der Waals surface area contributed by atoms with Crippen LogP contribution in [0.2, 0.25) is 0 Å². The van der Waals surface area contributed by atoms with Crippen LogP contribution in [0.1, 0.15) is 36.5 Å². The number of aromatic nitrogens is 1. The zero-order valence-corrected chi connectivity index (χ0v) is 13.5. The summed E-state index contributed by atoms with van der Waals surface area (Å²) in [5.74, 6) is -0.565. The molecule has 1 aromatic heterocycles. The lowest BCUT2D eigenvalue weighted by Crippen LogP contribution is -2.56. The number of carbonyl (C=O) groups is 1. The summed E-state index contributed by atoms with van der Waals surface area (Å²) < 4.78 is 25.5. The van der Waals surface area contributed by atoms with Gasteiger partial charge in [-0.25, -0.2) is 4.39 Å². The molecule has 23 heavy (non-hydrogen) atoms. The molecule has 126 valence electrons. The Bertz CT molecular complexity index is 569. The van der Waals surface area contributed by atoms with Gasteiger partial charge in [-0.15, -0.1) is 0 Å². The van der Waals surface area contributed by atoms with Crippen LogP contribution in [0.15, 0.2) is 18.5 Å². The molecule has 3 rings (SSSR count). The molecule has 0 N–H and O–H groups in total. The Hall–Kier alpha value is -1.53. The molecule has 1 aliphatic carbocycles. The van der Waals surface area contributed by atoms with Crippen molar-refractivity contribution < 1.29 is 18.7 Å². The maximum atomic E-state index is 13.8. The maximum Gasteiger partial charge on any atom is 0.257 e. The normalized spacial score (nSPS) is 27.6. The van der Waals surface area contributed by atoms with Crippen LogP contribution in [0, 0.1) is 11.7 Å². The first-order valence-corrected chi connectivity index (χ1v) is 8.27. The van der Waals surface area contributed by atoms with Gasteiger partial charge in [-0.3, -0.25) is 9.78 Å². The number of amides is 1. The summed E-state index contributed by atoms with van der Waals surface area (Å²) in [5, 5.41) is 0. The predicted molar refractivity (Wildman–Crippen MR) is 82.6 cm³/mol. The van der Waals surface area contributed by atoms with E-state index in [0.29, 0.717) is 38.8 Å². The molecule has 2 fully saturated rings. The van der Waals surface area contributed by atoms with E-state index in [1.165, 1.54) is 12.3 Å². The molecule has 1 aromatic rings. The van der Waals surface area contributed by atoms with Gasteiger partial charge in [-0.1, -0.05) is 6.42 Å². The SMILES string of the molecule is CCOC[C@H]1CCC[C@]12CN(C(=O)c1ccncc1F)CCO2. The van der Waals surface area contributed by atoms with E-state index < -0.39 is 5.82 Å². The van der Waals surface area contributed by atoms with Gasteiger partial charge in [0.25, 0.3) is 5.91 Å². The van der Waals surface area contributed by atoms with Crippen LogP contribution in [-0.2, 0) is 9.47 Å². The first kappa shape index (κ1) is 16.3. The molecule has 0 radical (unpaired) electrons. The van der Waals surface area contributed by atoms with Gasteiger partial charge in [0, 0.05) is 25.3 Å². The lowest BCUT2D eigenvalue weighted by Gasteiger charge is -2.44. The van der Waals surface area contributed by atoms with Gasteiger partial charge in [-0.05, 0) is 25.8 Å². The van der Waals surface area contributed by atoms with E-state index in [4.69, 9.17) is 9.47 Å². The zero-order valence-electron chi connectivity index (χ0n) is 13.5. The molecule has 2 aliphatic rings. The number of ether oxygens (including phenoxy) is 2. The number of hydrogen-bond donors (Lipinski definition) is 0. The fourth-order valence-electron chi connectivity index (χ4n) is 3.71. The smallest absolute Gasteiger partial charge is 0.257 e. The van der Waals surface area contributed by atoms with Gasteiger partial charge in [0.2, 0.25) is 0 Å². The summed E-state index contributed by atoms with van der Waals surface area (Å²) in [4.78, 5) is 18.1. The zero-order chi connectivity index (χ0) is 16.3. The molecule has 5 nitrogen and oxygen atoms in total. The van der Waals surface area contributed by atoms with Crippen LogP contribution in [0.3, 0.4) is 0 Å². The number of rotatable bonds is 4. The van der Waals surface area contributed by atoms with Gasteiger partial charge in [0.05, 0.1) is 37.1 Å². The fourth-order valence-corrected chi connectivity index (χ4v) is 3.71. The van der Waals surface area contributed by atoms with Gasteiger partial charge >= 0.3 is 0 Å². The molecule has 6 heteroatoms. The monoisotopic (exact) mass is 322 g/mol. The van der Waals surface area contributed by atoms with Gasteiger partial charge in [0.1, 0.15) is 0 Å². The van der Waals surface area contributed by atoms with Crippen LogP contribution >= 0.6 is 0 Å². The molecular weight excluding hydrogens is 299 g/mol. The predicted octanol–water partition coefficient (Wildman–Crippen LogP) is 2.27. The minimum absolute atomic E-state index is 0.0800. The summed E-state index contributed by atoms with van der Waals surface area (Å²) in [6.45, 7) is 4.79. The quantitative estimate of drug-likeness (QED) is 0.853. The first-order valence-electron chi connectivity index (χ1n) is 8.27. The second-order valence-electron chi connectivity index (χ2n) is 6.24. The molecule has 1 aliphatic heterocycles. The summed E-state index contributed by atoms with van der Waals surface area (Å²) in [6.07, 6.45) is 5.57. The van der Waals surface area contributed by atoms with Crippen molar-refractivity contribution in [2.45, 2.75) is 31.8 Å². The highest BCUT2D eigenvalue weighted by atomic mass is 19.1. The van der Waals surface area contributed by atoms with E-state index in [2.05, 4.69) is 4.98 Å². The third-order valence-corrected chi connectivity index (χ3v) is 4.92. The van der Waals surface area contributed by atoms with Crippen molar-refractivity contribution in [2.75, 3.05) is 32.9 Å². The van der Waals surface area contributed by atoms with Gasteiger partial charge < -0.3 is 14.4 Å². The summed E-state index contributed by atoms with van der Waals surface area (Å²) >= 11 is 0. The number of morpholine rings is 1. The number of nitrogens with zero attached hydrogens (tertiary/aromatic N) is 2. The highest BCUT2D eigenvalue weighted by Gasteiger charge is 2.48. The molecule has 2 heterocycles. The number of pyridine rings is 1. The van der Waals surface area contributed by atoms with Crippen molar-refractivity contribution >= 4 is 5.91 Å². The minimum atomic E-state index is -0.574. The topological polar surface area (TPSA) is 51.7 Å². The van der Waals surface area contributed by atoms with E-state index in [1.807, 2.05) is 6.92 Å². The van der Waals surface area contributed by atoms with E-state index in [9.17, 15) is 9.18 Å². The van der Waals surface area contributed by atoms with E-state index in [-0.39, 0.29) is 17.1 Å². The lowest BCUT2D eigenvalue weighted by atomic mass is 9.89. The van der Waals surface area contributed by atoms with Crippen LogP contribution < -0.4 is 0 Å². The molecule has 1 amide bonds. The Morgan fingerprint density at radius 1 is 1.61 bits per heavy atom. The number of halogens is 1. The van der Waals surface area contributed by atoms with Crippen molar-refractivity contribution in [3.8, 4) is 0 Å². The van der Waals surface area contributed by atoms with Crippen molar-refractivity contribution in [1.29, 1.82) is 0 Å². The Morgan fingerprint density at radius 2 is 2.48 bits per heavy atom. The summed E-state index contributed by atoms with van der Waals surface area (Å²) in [7, 11) is 0. The average molecular weight is 322 g/mol. The Labute approximate surface area is 135 Å².